The Bertz CT molecular complexity index is 73.3. The molecule has 0 aromatic heterocycles. The molecule has 5 heteroatoms. The highest BCUT2D eigenvalue weighted by Gasteiger charge is 1.93. The Hall–Kier alpha value is 0.110. The minimum Gasteiger partial charge on any atom is -0.378 e. The average molecular weight is 125 g/mol. The molecule has 0 spiro atoms. The highest BCUT2D eigenvalue weighted by Crippen LogP contribution is 2.04. The molecule has 0 aromatic rings. The Morgan fingerprint density at radius 2 is 2.29 bits per heavy atom. The second-order valence-corrected chi connectivity index (χ2v) is 2.02. The van der Waals surface area contributed by atoms with Gasteiger partial charge >= 0.3 is 0 Å². The maximum absolute atomic E-state index is 9.72. The maximum atomic E-state index is 9.72. The van der Waals surface area contributed by atoms with E-state index in [9.17, 15) is 4.57 Å². The van der Waals surface area contributed by atoms with Gasteiger partial charge in [-0.2, -0.15) is 0 Å². The molecule has 4 nitrogen and oxygen atoms in total. The lowest BCUT2D eigenvalue weighted by Crippen LogP contribution is -2.16. The third-order valence-electron chi connectivity index (χ3n) is 0.332. The van der Waals surface area contributed by atoms with Crippen molar-refractivity contribution in [1.29, 1.82) is 0 Å². The molecule has 0 fully saturated rings. The van der Waals surface area contributed by atoms with Gasteiger partial charge in [0.05, 0.1) is 0 Å². The summed E-state index contributed by atoms with van der Waals surface area (Å²) in [6.07, 6.45) is -0.892. The minimum atomic E-state index is -2.68. The van der Waals surface area contributed by atoms with Crippen molar-refractivity contribution in [3.8, 4) is 0 Å². The van der Waals surface area contributed by atoms with Crippen LogP contribution in [0.5, 0.6) is 0 Å². The molecule has 0 aliphatic heterocycles. The lowest BCUT2D eigenvalue weighted by Gasteiger charge is -1.99. The van der Waals surface area contributed by atoms with Crippen molar-refractivity contribution in [2.45, 2.75) is 13.2 Å². The van der Waals surface area contributed by atoms with Crippen molar-refractivity contribution in [2.24, 2.45) is 0 Å². The topological polar surface area (TPSA) is 69.6 Å². The van der Waals surface area contributed by atoms with Crippen LogP contribution < -0.4 is 5.09 Å². The zero-order valence-corrected chi connectivity index (χ0v) is 4.88. The molecule has 7 heavy (non-hydrogen) atoms. The first-order valence-corrected chi connectivity index (χ1v) is 3.16. The lowest BCUT2D eigenvalue weighted by molar-refractivity contribution is 0.181. The van der Waals surface area contributed by atoms with Gasteiger partial charge in [0.1, 0.15) is 6.23 Å². The van der Waals surface area contributed by atoms with Crippen molar-refractivity contribution >= 4 is 8.18 Å². The van der Waals surface area contributed by atoms with Gasteiger partial charge in [-0.1, -0.05) is 0 Å². The molecule has 44 valence electrons. The maximum Gasteiger partial charge on any atom is 0.257 e. The Kier molecular flexibility index (Phi) is 3.21. The standard InChI is InChI=1S/C2H8NO3P/c1-2(4)3-7(5)6/h2,4,7H,1H3,(H2,3,5,6). The molecule has 0 radical (unpaired) electrons. The number of rotatable bonds is 2. The Balaban J connectivity index is 3.13. The summed E-state index contributed by atoms with van der Waals surface area (Å²) in [5.74, 6) is 0. The third kappa shape index (κ3) is 6.11. The van der Waals surface area contributed by atoms with E-state index in [-0.39, 0.29) is 0 Å². The van der Waals surface area contributed by atoms with E-state index in [2.05, 4.69) is 0 Å². The summed E-state index contributed by atoms with van der Waals surface area (Å²) in [6, 6.07) is 0. The molecule has 0 saturated carbocycles. The largest absolute Gasteiger partial charge is 0.378 e. The van der Waals surface area contributed by atoms with Crippen LogP contribution in [0.3, 0.4) is 0 Å². The molecule has 2 atom stereocenters. The van der Waals surface area contributed by atoms with Crippen LogP contribution in [-0.4, -0.2) is 16.2 Å². The fraction of sp³-hybridized carbons (Fsp3) is 1.00. The fourth-order valence-electron chi connectivity index (χ4n) is 0.179. The predicted molar refractivity (Wildman–Crippen MR) is 26.0 cm³/mol. The summed E-state index contributed by atoms with van der Waals surface area (Å²) >= 11 is 0. The van der Waals surface area contributed by atoms with Crippen LogP contribution in [0.2, 0.25) is 0 Å². The summed E-state index contributed by atoms with van der Waals surface area (Å²) in [7, 11) is -2.68. The molecule has 3 N–H and O–H groups in total. The fourth-order valence-corrected chi connectivity index (χ4v) is 0.536. The minimum absolute atomic E-state index is 0.892. The molecule has 0 aliphatic rings. The highest BCUT2D eigenvalue weighted by molar-refractivity contribution is 7.35. The van der Waals surface area contributed by atoms with Crippen LogP contribution in [0.25, 0.3) is 0 Å². The number of aliphatic hydroxyl groups excluding tert-OH is 1. The van der Waals surface area contributed by atoms with Crippen molar-refractivity contribution in [1.82, 2.24) is 5.09 Å². The monoisotopic (exact) mass is 125 g/mol. The van der Waals surface area contributed by atoms with E-state index in [0.717, 1.165) is 0 Å². The van der Waals surface area contributed by atoms with E-state index in [1.165, 1.54) is 6.92 Å². The molecule has 0 heterocycles. The van der Waals surface area contributed by atoms with Crippen molar-refractivity contribution in [3.05, 3.63) is 0 Å². The van der Waals surface area contributed by atoms with Gasteiger partial charge in [0.2, 0.25) is 0 Å². The van der Waals surface area contributed by atoms with Crippen LogP contribution >= 0.6 is 8.18 Å². The first kappa shape index (κ1) is 7.11. The van der Waals surface area contributed by atoms with Crippen molar-refractivity contribution in [3.63, 3.8) is 0 Å². The van der Waals surface area contributed by atoms with Crippen molar-refractivity contribution in [2.75, 3.05) is 0 Å². The molecular weight excluding hydrogens is 117 g/mol. The Labute approximate surface area is 42.1 Å². The van der Waals surface area contributed by atoms with Gasteiger partial charge in [-0.3, -0.25) is 4.57 Å². The number of aliphatic hydroxyl groups is 1. The normalized spacial score (nSPS) is 18.7. The smallest absolute Gasteiger partial charge is 0.257 e. The van der Waals surface area contributed by atoms with Crippen LogP contribution in [0.4, 0.5) is 0 Å². The van der Waals surface area contributed by atoms with Crippen LogP contribution in [0.15, 0.2) is 0 Å². The number of hydrogen-bond acceptors (Lipinski definition) is 2. The molecule has 0 aromatic carbocycles. The van der Waals surface area contributed by atoms with Gasteiger partial charge in [-0.15, -0.1) is 0 Å². The van der Waals surface area contributed by atoms with Crippen LogP contribution in [0.1, 0.15) is 6.92 Å². The molecule has 0 amide bonds. The molecule has 0 saturated heterocycles. The summed E-state index contributed by atoms with van der Waals surface area (Å²) in [4.78, 5) is 8.00. The summed E-state index contributed by atoms with van der Waals surface area (Å²) in [5.41, 5.74) is 0. The molecule has 0 bridgehead atoms. The van der Waals surface area contributed by atoms with E-state index in [1.807, 2.05) is 5.09 Å². The summed E-state index contributed by atoms with van der Waals surface area (Å²) < 4.78 is 9.72. The van der Waals surface area contributed by atoms with Crippen LogP contribution in [-0.2, 0) is 4.57 Å². The van der Waals surface area contributed by atoms with E-state index in [4.69, 9.17) is 10.00 Å². The quantitative estimate of drug-likeness (QED) is 0.337. The number of nitrogens with one attached hydrogen (secondary N) is 1. The van der Waals surface area contributed by atoms with Gasteiger partial charge in [0.25, 0.3) is 8.18 Å². The molecule has 0 aliphatic carbocycles. The Morgan fingerprint density at radius 3 is 2.29 bits per heavy atom. The van der Waals surface area contributed by atoms with Gasteiger partial charge in [-0.25, -0.2) is 5.09 Å². The second-order valence-electron chi connectivity index (χ2n) is 1.13. The average Bonchev–Trinajstić information content (AvgIpc) is 1.27. The van der Waals surface area contributed by atoms with Crippen molar-refractivity contribution < 1.29 is 14.6 Å². The zero-order valence-electron chi connectivity index (χ0n) is 3.88. The molecule has 2 unspecified atom stereocenters. The molecular formula is C2H8NO3P. The molecule has 0 rings (SSSR count). The highest BCUT2D eigenvalue weighted by atomic mass is 31.1. The zero-order chi connectivity index (χ0) is 5.86. The van der Waals surface area contributed by atoms with Gasteiger partial charge < -0.3 is 10.00 Å². The van der Waals surface area contributed by atoms with E-state index < -0.39 is 14.4 Å². The SMILES string of the molecule is CC(O)N[PH](=O)O. The number of hydrogen-bond donors (Lipinski definition) is 3. The lowest BCUT2D eigenvalue weighted by atomic mass is 10.7. The first-order valence-electron chi connectivity index (χ1n) is 1.80. The second kappa shape index (κ2) is 3.16. The third-order valence-corrected chi connectivity index (χ3v) is 0.997. The summed E-state index contributed by atoms with van der Waals surface area (Å²) in [5, 5.41) is 10.2. The van der Waals surface area contributed by atoms with E-state index in [0.29, 0.717) is 0 Å². The summed E-state index contributed by atoms with van der Waals surface area (Å²) in [6.45, 7) is 1.37. The van der Waals surface area contributed by atoms with Gasteiger partial charge in [0.15, 0.2) is 0 Å². The Morgan fingerprint density at radius 1 is 1.86 bits per heavy atom. The predicted octanol–water partition coefficient (Wildman–Crippen LogP) is -0.704. The van der Waals surface area contributed by atoms with Crippen LogP contribution in [0, 0.1) is 0 Å². The van der Waals surface area contributed by atoms with Gasteiger partial charge in [0, 0.05) is 0 Å². The van der Waals surface area contributed by atoms with E-state index >= 15 is 0 Å². The van der Waals surface area contributed by atoms with Gasteiger partial charge in [-0.05, 0) is 6.92 Å². The first-order chi connectivity index (χ1) is 3.13. The van der Waals surface area contributed by atoms with E-state index in [1.54, 1.807) is 0 Å².